The lowest BCUT2D eigenvalue weighted by atomic mass is 10.0. The number of nitriles is 2. The fourth-order valence-electron chi connectivity index (χ4n) is 2.58. The maximum atomic E-state index is 9.56. The molecule has 3 aromatic rings. The van der Waals surface area contributed by atoms with Gasteiger partial charge in [-0.1, -0.05) is 54.1 Å². The lowest BCUT2D eigenvalue weighted by Gasteiger charge is -2.10. The first-order chi connectivity index (χ1) is 13.2. The smallest absolute Gasteiger partial charge is 0.127 e. The second kappa shape index (κ2) is 8.72. The van der Waals surface area contributed by atoms with E-state index in [-0.39, 0.29) is 0 Å². The second-order valence-electron chi connectivity index (χ2n) is 5.82. The van der Waals surface area contributed by atoms with Crippen molar-refractivity contribution < 1.29 is 4.74 Å². The topological polar surface area (TPSA) is 56.8 Å². The Labute approximate surface area is 163 Å². The van der Waals surface area contributed by atoms with Crippen LogP contribution in [0.2, 0.25) is 5.02 Å². The fourth-order valence-corrected chi connectivity index (χ4v) is 2.79. The molecule has 0 N–H and O–H groups in total. The Balaban J connectivity index is 1.86. The van der Waals surface area contributed by atoms with Crippen LogP contribution in [-0.2, 0) is 6.61 Å². The first-order valence-electron chi connectivity index (χ1n) is 8.28. The number of hydrogen-bond acceptors (Lipinski definition) is 3. The molecule has 0 aromatic heterocycles. The minimum absolute atomic E-state index is 0.379. The molecule has 0 heterocycles. The first kappa shape index (κ1) is 18.3. The van der Waals surface area contributed by atoms with Crippen molar-refractivity contribution in [2.45, 2.75) is 6.61 Å². The molecule has 0 radical (unpaired) electrons. The molecule has 0 saturated heterocycles. The van der Waals surface area contributed by atoms with Crippen molar-refractivity contribution in [1.29, 1.82) is 10.5 Å². The van der Waals surface area contributed by atoms with Crippen LogP contribution in [0.4, 0.5) is 0 Å². The van der Waals surface area contributed by atoms with Crippen molar-refractivity contribution in [3.05, 3.63) is 100 Å². The van der Waals surface area contributed by atoms with Crippen molar-refractivity contribution >= 4 is 23.3 Å². The molecule has 4 heteroatoms. The standard InChI is InChI=1S/C23H15ClN2O/c24-22-6-3-4-18(12-22)16-27-23-7-2-1-5-20(23)13-21(15-26)19-10-8-17(14-25)9-11-19/h1-13H,16H2/b21-13+. The van der Waals surface area contributed by atoms with E-state index >= 15 is 0 Å². The van der Waals surface area contributed by atoms with E-state index < -0.39 is 0 Å². The zero-order chi connectivity index (χ0) is 19.1. The summed E-state index contributed by atoms with van der Waals surface area (Å²) < 4.78 is 5.94. The van der Waals surface area contributed by atoms with Crippen LogP contribution in [0.25, 0.3) is 11.6 Å². The third kappa shape index (κ3) is 4.76. The summed E-state index contributed by atoms with van der Waals surface area (Å²) in [6, 6.07) is 26.3. The zero-order valence-corrected chi connectivity index (χ0v) is 15.1. The Morgan fingerprint density at radius 2 is 1.74 bits per heavy atom. The normalized spacial score (nSPS) is 10.7. The van der Waals surface area contributed by atoms with Crippen molar-refractivity contribution in [2.24, 2.45) is 0 Å². The third-order valence-electron chi connectivity index (χ3n) is 3.95. The summed E-state index contributed by atoms with van der Waals surface area (Å²) in [6.45, 7) is 0.379. The predicted octanol–water partition coefficient (Wildman–Crippen LogP) is 5.85. The lowest BCUT2D eigenvalue weighted by Crippen LogP contribution is -1.97. The highest BCUT2D eigenvalue weighted by Crippen LogP contribution is 2.26. The van der Waals surface area contributed by atoms with Gasteiger partial charge >= 0.3 is 0 Å². The average Bonchev–Trinajstić information content (AvgIpc) is 2.71. The van der Waals surface area contributed by atoms with Gasteiger partial charge in [0.1, 0.15) is 12.4 Å². The van der Waals surface area contributed by atoms with Gasteiger partial charge in [-0.2, -0.15) is 10.5 Å². The van der Waals surface area contributed by atoms with E-state index in [1.54, 1.807) is 30.3 Å². The lowest BCUT2D eigenvalue weighted by molar-refractivity contribution is 0.305. The van der Waals surface area contributed by atoms with Gasteiger partial charge in [0.15, 0.2) is 0 Å². The van der Waals surface area contributed by atoms with Gasteiger partial charge < -0.3 is 4.74 Å². The van der Waals surface area contributed by atoms with Gasteiger partial charge in [-0.05, 0) is 47.5 Å². The van der Waals surface area contributed by atoms with Crippen LogP contribution in [0.15, 0.2) is 72.8 Å². The molecule has 0 aliphatic heterocycles. The highest BCUT2D eigenvalue weighted by molar-refractivity contribution is 6.30. The third-order valence-corrected chi connectivity index (χ3v) is 4.18. The Morgan fingerprint density at radius 1 is 0.963 bits per heavy atom. The summed E-state index contributed by atoms with van der Waals surface area (Å²) >= 11 is 6.01. The number of halogens is 1. The molecule has 0 amide bonds. The minimum Gasteiger partial charge on any atom is -0.488 e. The minimum atomic E-state index is 0.379. The number of ether oxygens (including phenoxy) is 1. The first-order valence-corrected chi connectivity index (χ1v) is 8.66. The van der Waals surface area contributed by atoms with Crippen molar-refractivity contribution in [2.75, 3.05) is 0 Å². The highest BCUT2D eigenvalue weighted by Gasteiger charge is 2.06. The van der Waals surface area contributed by atoms with E-state index in [4.69, 9.17) is 21.6 Å². The van der Waals surface area contributed by atoms with Gasteiger partial charge in [-0.15, -0.1) is 0 Å². The predicted molar refractivity (Wildman–Crippen MR) is 107 cm³/mol. The van der Waals surface area contributed by atoms with Crippen LogP contribution < -0.4 is 4.74 Å². The Morgan fingerprint density at radius 3 is 2.44 bits per heavy atom. The number of hydrogen-bond donors (Lipinski definition) is 0. The molecule has 0 aliphatic carbocycles. The number of para-hydroxylation sites is 1. The summed E-state index contributed by atoms with van der Waals surface area (Å²) in [5.74, 6) is 0.680. The van der Waals surface area contributed by atoms with E-state index in [9.17, 15) is 5.26 Å². The molecule has 130 valence electrons. The molecule has 0 aliphatic rings. The van der Waals surface area contributed by atoms with Crippen molar-refractivity contribution in [3.63, 3.8) is 0 Å². The summed E-state index contributed by atoms with van der Waals surface area (Å²) in [5.41, 5.74) is 3.58. The van der Waals surface area contributed by atoms with Gasteiger partial charge in [0, 0.05) is 10.6 Å². The number of rotatable bonds is 5. The quantitative estimate of drug-likeness (QED) is 0.417. The molecule has 0 spiro atoms. The Hall–Kier alpha value is -3.53. The Bertz CT molecular complexity index is 1060. The van der Waals surface area contributed by atoms with Crippen LogP contribution in [0.3, 0.4) is 0 Å². The molecular weight excluding hydrogens is 356 g/mol. The van der Waals surface area contributed by atoms with Gasteiger partial charge in [-0.3, -0.25) is 0 Å². The maximum absolute atomic E-state index is 9.56. The van der Waals surface area contributed by atoms with Crippen LogP contribution in [0.1, 0.15) is 22.3 Å². The largest absolute Gasteiger partial charge is 0.488 e. The number of nitrogens with zero attached hydrogens (tertiary/aromatic N) is 2. The molecule has 0 unspecified atom stereocenters. The molecule has 0 bridgehead atoms. The number of benzene rings is 3. The second-order valence-corrected chi connectivity index (χ2v) is 6.25. The van der Waals surface area contributed by atoms with Gasteiger partial charge in [0.05, 0.1) is 23.3 Å². The van der Waals surface area contributed by atoms with E-state index in [1.807, 2.05) is 48.5 Å². The molecule has 27 heavy (non-hydrogen) atoms. The Kier molecular flexibility index (Phi) is 5.90. The van der Waals surface area contributed by atoms with Gasteiger partial charge in [0.2, 0.25) is 0 Å². The molecule has 0 atom stereocenters. The van der Waals surface area contributed by atoms with Crippen LogP contribution in [0, 0.1) is 22.7 Å². The molecular formula is C23H15ClN2O. The van der Waals surface area contributed by atoms with E-state index in [0.717, 1.165) is 16.7 Å². The monoisotopic (exact) mass is 370 g/mol. The van der Waals surface area contributed by atoms with Crippen LogP contribution in [0.5, 0.6) is 5.75 Å². The summed E-state index contributed by atoms with van der Waals surface area (Å²) in [6.07, 6.45) is 1.79. The summed E-state index contributed by atoms with van der Waals surface area (Å²) in [7, 11) is 0. The number of allylic oxidation sites excluding steroid dienone is 1. The van der Waals surface area contributed by atoms with Crippen molar-refractivity contribution in [3.8, 4) is 17.9 Å². The molecule has 0 saturated carbocycles. The van der Waals surface area contributed by atoms with E-state index in [1.165, 1.54) is 0 Å². The van der Waals surface area contributed by atoms with Crippen LogP contribution in [-0.4, -0.2) is 0 Å². The van der Waals surface area contributed by atoms with Crippen LogP contribution >= 0.6 is 11.6 Å². The fraction of sp³-hybridized carbons (Fsp3) is 0.0435. The van der Waals surface area contributed by atoms with E-state index in [0.29, 0.717) is 28.5 Å². The van der Waals surface area contributed by atoms with E-state index in [2.05, 4.69) is 12.1 Å². The van der Waals surface area contributed by atoms with Gasteiger partial charge in [0.25, 0.3) is 0 Å². The average molecular weight is 371 g/mol. The summed E-state index contributed by atoms with van der Waals surface area (Å²) in [5, 5.41) is 19.1. The highest BCUT2D eigenvalue weighted by atomic mass is 35.5. The summed E-state index contributed by atoms with van der Waals surface area (Å²) in [4.78, 5) is 0. The SMILES string of the molecule is N#C/C(=C\c1ccccc1OCc1cccc(Cl)c1)c1ccc(C#N)cc1. The molecule has 0 fully saturated rings. The van der Waals surface area contributed by atoms with Crippen molar-refractivity contribution in [1.82, 2.24) is 0 Å². The molecule has 3 nitrogen and oxygen atoms in total. The zero-order valence-electron chi connectivity index (χ0n) is 14.4. The van der Waals surface area contributed by atoms with Gasteiger partial charge in [-0.25, -0.2) is 0 Å². The molecule has 3 rings (SSSR count). The molecule has 3 aromatic carbocycles. The maximum Gasteiger partial charge on any atom is 0.127 e.